The molecule has 2 aromatic carbocycles. The Morgan fingerprint density at radius 1 is 0.378 bits per heavy atom. The topological polar surface area (TPSA) is 24.7 Å². The molecule has 0 saturated heterocycles. The predicted octanol–water partition coefficient (Wildman–Crippen LogP) is 13.8. The van der Waals surface area contributed by atoms with E-state index in [0.29, 0.717) is 0 Å². The summed E-state index contributed by atoms with van der Waals surface area (Å²) >= 11 is 0. The Hall–Kier alpha value is -1.56. The van der Waals surface area contributed by atoms with Crippen molar-refractivity contribution in [2.45, 2.75) is 183 Å². The Morgan fingerprint density at radius 3 is 1.04 bits per heavy atom. The molecule has 2 aromatic rings. The van der Waals surface area contributed by atoms with Crippen molar-refractivity contribution in [2.75, 3.05) is 0 Å². The van der Waals surface area contributed by atoms with E-state index in [1.807, 2.05) is 0 Å². The van der Waals surface area contributed by atoms with Crippen molar-refractivity contribution in [3.63, 3.8) is 0 Å². The monoisotopic (exact) mass is 706 g/mol. The van der Waals surface area contributed by atoms with E-state index < -0.39 is 0 Å². The fourth-order valence-corrected chi connectivity index (χ4v) is 5.97. The third-order valence-corrected chi connectivity index (χ3v) is 8.75. The maximum atomic E-state index is 5.51. The Balaban J connectivity index is 0.0000101. The van der Waals surface area contributed by atoms with Crippen LogP contribution in [0, 0.1) is 0 Å². The van der Waals surface area contributed by atoms with Crippen LogP contribution in [0.1, 0.15) is 179 Å². The first kappa shape index (κ1) is 41.5. The van der Waals surface area contributed by atoms with Crippen LogP contribution in [0.25, 0.3) is 0 Å². The van der Waals surface area contributed by atoms with Gasteiger partial charge in [-0.1, -0.05) is 118 Å². The summed E-state index contributed by atoms with van der Waals surface area (Å²) in [5, 5.41) is 0. The van der Waals surface area contributed by atoms with E-state index in [-0.39, 0.29) is 20.4 Å². The molecule has 0 N–H and O–H groups in total. The summed E-state index contributed by atoms with van der Waals surface area (Å²) in [6, 6.07) is 14.4. The van der Waals surface area contributed by atoms with Gasteiger partial charge in [0.05, 0.1) is 22.8 Å². The van der Waals surface area contributed by atoms with Crippen LogP contribution < -0.4 is 0 Å². The SMILES string of the molecule is CCCCCCCCC(=Nc1cc(CCCC)cc(CCCC)c1)C(CCCC)=Nc1cc(CCCC)cc(CCCC)c1.[Pd]. The van der Waals surface area contributed by atoms with E-state index >= 15 is 0 Å². The Kier molecular flexibility index (Phi) is 24.4. The van der Waals surface area contributed by atoms with Crippen LogP contribution in [0.3, 0.4) is 0 Å². The van der Waals surface area contributed by atoms with E-state index in [1.165, 1.54) is 130 Å². The number of rotatable bonds is 25. The van der Waals surface area contributed by atoms with Crippen molar-refractivity contribution in [2.24, 2.45) is 9.98 Å². The molecule has 3 heteroatoms. The summed E-state index contributed by atoms with van der Waals surface area (Å²) in [5.41, 5.74) is 10.6. The van der Waals surface area contributed by atoms with E-state index in [4.69, 9.17) is 9.98 Å². The van der Waals surface area contributed by atoms with Gasteiger partial charge in [0.2, 0.25) is 0 Å². The standard InChI is InChI=1S/C42H68N2.Pd/c1-7-13-19-20-21-22-28-42(44-40-33-37(25-16-10-4)30-38(34-40)26-17-11-5)41(27-18-12-6)43-39-31-35(23-14-8-2)29-36(32-39)24-15-9-3;/h29-34H,7-28H2,1-6H3;. The van der Waals surface area contributed by atoms with Gasteiger partial charge in [0.15, 0.2) is 0 Å². The molecular formula is C42H68N2Pd. The Labute approximate surface area is 293 Å². The van der Waals surface area contributed by atoms with Gasteiger partial charge in [-0.15, -0.1) is 0 Å². The molecule has 0 heterocycles. The molecule has 2 nitrogen and oxygen atoms in total. The number of aliphatic imine (C=N–C) groups is 2. The quantitative estimate of drug-likeness (QED) is 0.0558. The Morgan fingerprint density at radius 2 is 0.689 bits per heavy atom. The molecule has 256 valence electrons. The second kappa shape index (κ2) is 26.5. The van der Waals surface area contributed by atoms with Crippen molar-refractivity contribution >= 4 is 22.8 Å². The number of hydrogen-bond donors (Lipinski definition) is 0. The largest absolute Gasteiger partial charge is 0.252 e. The molecule has 0 spiro atoms. The molecule has 0 aromatic heterocycles. The van der Waals surface area contributed by atoms with Crippen LogP contribution in [0.5, 0.6) is 0 Å². The fourth-order valence-electron chi connectivity index (χ4n) is 5.97. The fraction of sp³-hybridized carbons (Fsp3) is 0.667. The molecule has 0 bridgehead atoms. The molecular weight excluding hydrogens is 639 g/mol. The molecule has 45 heavy (non-hydrogen) atoms. The second-order valence-electron chi connectivity index (χ2n) is 13.2. The van der Waals surface area contributed by atoms with Gasteiger partial charge < -0.3 is 0 Å². The number of nitrogens with zero attached hydrogens (tertiary/aromatic N) is 2. The number of aryl methyl sites for hydroxylation is 4. The Bertz CT molecular complexity index is 1050. The van der Waals surface area contributed by atoms with Gasteiger partial charge in [-0.3, -0.25) is 9.98 Å². The second-order valence-corrected chi connectivity index (χ2v) is 13.2. The van der Waals surface area contributed by atoms with Gasteiger partial charge in [0.1, 0.15) is 0 Å². The molecule has 0 aliphatic carbocycles. The summed E-state index contributed by atoms with van der Waals surface area (Å²) in [5.74, 6) is 0. The average Bonchev–Trinajstić information content (AvgIpc) is 3.03. The minimum Gasteiger partial charge on any atom is -0.252 e. The zero-order chi connectivity index (χ0) is 31.8. The molecule has 0 aliphatic heterocycles. The van der Waals surface area contributed by atoms with Crippen molar-refractivity contribution in [1.82, 2.24) is 0 Å². The minimum atomic E-state index is 0. The van der Waals surface area contributed by atoms with Gasteiger partial charge in [-0.2, -0.15) is 0 Å². The summed E-state index contributed by atoms with van der Waals surface area (Å²) in [7, 11) is 0. The van der Waals surface area contributed by atoms with E-state index in [0.717, 1.165) is 56.3 Å². The van der Waals surface area contributed by atoms with Gasteiger partial charge in [-0.05, 0) is 124 Å². The zero-order valence-electron chi connectivity index (χ0n) is 30.2. The normalized spacial score (nSPS) is 12.0. The average molecular weight is 707 g/mol. The first-order chi connectivity index (χ1) is 21.6. The van der Waals surface area contributed by atoms with Gasteiger partial charge in [-0.25, -0.2) is 0 Å². The summed E-state index contributed by atoms with van der Waals surface area (Å²) in [6.07, 6.45) is 26.6. The van der Waals surface area contributed by atoms with Gasteiger partial charge in [0, 0.05) is 20.4 Å². The zero-order valence-corrected chi connectivity index (χ0v) is 31.8. The first-order valence-electron chi connectivity index (χ1n) is 19.0. The maximum Gasteiger partial charge on any atom is 0.0639 e. The van der Waals surface area contributed by atoms with Gasteiger partial charge >= 0.3 is 0 Å². The number of benzene rings is 2. The molecule has 0 saturated carbocycles. The van der Waals surface area contributed by atoms with Gasteiger partial charge in [0.25, 0.3) is 0 Å². The number of unbranched alkanes of at least 4 members (excludes halogenated alkanes) is 10. The summed E-state index contributed by atoms with van der Waals surface area (Å²) in [6.45, 7) is 13.8. The smallest absolute Gasteiger partial charge is 0.0639 e. The molecule has 0 radical (unpaired) electrons. The first-order valence-corrected chi connectivity index (χ1v) is 19.0. The van der Waals surface area contributed by atoms with Crippen molar-refractivity contribution in [1.29, 1.82) is 0 Å². The van der Waals surface area contributed by atoms with Crippen molar-refractivity contribution < 1.29 is 20.4 Å². The minimum absolute atomic E-state index is 0. The summed E-state index contributed by atoms with van der Waals surface area (Å²) < 4.78 is 0. The van der Waals surface area contributed by atoms with Crippen LogP contribution in [-0.2, 0) is 46.1 Å². The van der Waals surface area contributed by atoms with E-state index in [2.05, 4.69) is 77.9 Å². The van der Waals surface area contributed by atoms with Crippen molar-refractivity contribution in [3.8, 4) is 0 Å². The van der Waals surface area contributed by atoms with Crippen LogP contribution in [0.4, 0.5) is 11.4 Å². The van der Waals surface area contributed by atoms with E-state index in [1.54, 1.807) is 0 Å². The molecule has 0 aliphatic rings. The molecule has 0 fully saturated rings. The van der Waals surface area contributed by atoms with Crippen LogP contribution in [-0.4, -0.2) is 11.4 Å². The molecule has 0 unspecified atom stereocenters. The predicted molar refractivity (Wildman–Crippen MR) is 199 cm³/mol. The van der Waals surface area contributed by atoms with Crippen molar-refractivity contribution in [3.05, 3.63) is 58.7 Å². The molecule has 2 rings (SSSR count). The van der Waals surface area contributed by atoms with Crippen LogP contribution >= 0.6 is 0 Å². The number of hydrogen-bond acceptors (Lipinski definition) is 2. The van der Waals surface area contributed by atoms with Crippen LogP contribution in [0.15, 0.2) is 46.4 Å². The molecule has 0 atom stereocenters. The maximum absolute atomic E-state index is 5.51. The van der Waals surface area contributed by atoms with E-state index in [9.17, 15) is 0 Å². The summed E-state index contributed by atoms with van der Waals surface area (Å²) in [4.78, 5) is 11.0. The third-order valence-electron chi connectivity index (χ3n) is 8.75. The third kappa shape index (κ3) is 17.8. The van der Waals surface area contributed by atoms with Crippen LogP contribution in [0.2, 0.25) is 0 Å². The molecule has 0 amide bonds.